The second kappa shape index (κ2) is 14.2. The van der Waals surface area contributed by atoms with E-state index in [9.17, 15) is 34.8 Å². The molecule has 4 aliphatic heterocycles. The maximum Gasteiger partial charge on any atom is 0.201 e. The Kier molecular flexibility index (Phi) is 9.97. The van der Waals surface area contributed by atoms with Gasteiger partial charge in [0, 0.05) is 48.4 Å². The maximum absolute atomic E-state index is 13.8. The van der Waals surface area contributed by atoms with Gasteiger partial charge in [-0.25, -0.2) is 0 Å². The van der Waals surface area contributed by atoms with Crippen LogP contribution in [0.15, 0.2) is 24.3 Å². The zero-order valence-electron chi connectivity index (χ0n) is 31.7. The summed E-state index contributed by atoms with van der Waals surface area (Å²) in [5, 5.41) is 45.5. The van der Waals surface area contributed by atoms with Gasteiger partial charge in [-0.05, 0) is 59.0 Å². The van der Waals surface area contributed by atoms with Crippen LogP contribution in [-0.4, -0.2) is 130 Å². The van der Waals surface area contributed by atoms with Crippen molar-refractivity contribution >= 4 is 17.3 Å². The molecule has 2 aliphatic carbocycles. The van der Waals surface area contributed by atoms with Crippen molar-refractivity contribution < 1.29 is 68.0 Å². The zero-order chi connectivity index (χ0) is 39.2. The average molecular weight is 768 g/mol. The fourth-order valence-corrected chi connectivity index (χ4v) is 9.22. The third-order valence-corrected chi connectivity index (χ3v) is 12.3. The van der Waals surface area contributed by atoms with Crippen LogP contribution in [0.3, 0.4) is 0 Å². The fourth-order valence-electron chi connectivity index (χ4n) is 9.22. The van der Waals surface area contributed by atoms with Crippen molar-refractivity contribution in [1.29, 1.82) is 0 Å². The van der Waals surface area contributed by atoms with E-state index >= 15 is 0 Å². The van der Waals surface area contributed by atoms with E-state index in [1.807, 2.05) is 32.8 Å². The van der Waals surface area contributed by atoms with Gasteiger partial charge in [0.05, 0.1) is 41.1 Å². The highest BCUT2D eigenvalue weighted by molar-refractivity contribution is 6.30. The van der Waals surface area contributed by atoms with Crippen LogP contribution in [0.1, 0.15) is 115 Å². The first-order chi connectivity index (χ1) is 26.1. The van der Waals surface area contributed by atoms with Crippen molar-refractivity contribution in [3.05, 3.63) is 57.6 Å². The SMILES string of the molecule is CC[C@@]1(O)C[C@@H](O[C@H]2C[C@H](N(C)C)[C@H](O[C@H]3C[C@@H]4O[C@H]5CC(=O)[C@@H](C)O[C@@H]5O[C@H]4[C@@H](C)O3)[C@@H](C)O2)c2c(cc3c(c2O)C(=O)c2c(O)cccc2C3=O)[C@H]1O. The van der Waals surface area contributed by atoms with Gasteiger partial charge in [-0.2, -0.15) is 0 Å². The van der Waals surface area contributed by atoms with E-state index < -0.39 is 96.4 Å². The van der Waals surface area contributed by atoms with Crippen molar-refractivity contribution in [2.75, 3.05) is 14.1 Å². The number of carbonyl (C=O) groups excluding carboxylic acids is 3. The highest BCUT2D eigenvalue weighted by atomic mass is 16.8. The molecule has 0 radical (unpaired) electrons. The first-order valence-corrected chi connectivity index (χ1v) is 19.1. The Morgan fingerprint density at radius 2 is 1.60 bits per heavy atom. The fraction of sp³-hybridized carbons (Fsp3) is 0.625. The molecule has 4 saturated heterocycles. The number of rotatable bonds is 6. The number of carbonyl (C=O) groups is 3. The first kappa shape index (κ1) is 38.5. The lowest BCUT2D eigenvalue weighted by atomic mass is 9.71. The predicted molar refractivity (Wildman–Crippen MR) is 189 cm³/mol. The molecular formula is C40H49NO14. The Morgan fingerprint density at radius 1 is 0.873 bits per heavy atom. The minimum Gasteiger partial charge on any atom is -0.507 e. The summed E-state index contributed by atoms with van der Waals surface area (Å²) < 4.78 is 44.3. The molecule has 0 aromatic heterocycles. The van der Waals surface area contributed by atoms with Crippen LogP contribution >= 0.6 is 0 Å². The maximum atomic E-state index is 13.8. The lowest BCUT2D eigenvalue weighted by Crippen LogP contribution is -2.62. The Bertz CT molecular complexity index is 1880. The van der Waals surface area contributed by atoms with Crippen molar-refractivity contribution in [3.8, 4) is 11.5 Å². The molecule has 8 rings (SSSR count). The van der Waals surface area contributed by atoms with Gasteiger partial charge in [0.1, 0.15) is 42.0 Å². The third-order valence-electron chi connectivity index (χ3n) is 12.3. The molecule has 55 heavy (non-hydrogen) atoms. The van der Waals surface area contributed by atoms with Crippen LogP contribution in [0.4, 0.5) is 0 Å². The Morgan fingerprint density at radius 3 is 2.33 bits per heavy atom. The van der Waals surface area contributed by atoms with Gasteiger partial charge in [-0.15, -0.1) is 0 Å². The second-order valence-corrected chi connectivity index (χ2v) is 16.0. The van der Waals surface area contributed by atoms with Crippen LogP contribution in [0.5, 0.6) is 11.5 Å². The van der Waals surface area contributed by atoms with Crippen LogP contribution in [0, 0.1) is 0 Å². The summed E-state index contributed by atoms with van der Waals surface area (Å²) in [5.41, 5.74) is -2.25. The predicted octanol–water partition coefficient (Wildman–Crippen LogP) is 2.95. The minimum absolute atomic E-state index is 0.0251. The summed E-state index contributed by atoms with van der Waals surface area (Å²) in [6, 6.07) is 5.23. The molecule has 4 N–H and O–H groups in total. The number of phenolic OH excluding ortho intramolecular Hbond substituents is 2. The molecule has 0 unspecified atom stereocenters. The number of aliphatic hydroxyl groups excluding tert-OH is 1. The second-order valence-electron chi connectivity index (χ2n) is 16.0. The molecule has 4 fully saturated rings. The number of ketones is 3. The summed E-state index contributed by atoms with van der Waals surface area (Å²) >= 11 is 0. The Labute approximate surface area is 318 Å². The van der Waals surface area contributed by atoms with E-state index in [0.29, 0.717) is 12.8 Å². The molecule has 0 spiro atoms. The zero-order valence-corrected chi connectivity index (χ0v) is 31.7. The molecule has 15 heteroatoms. The number of likely N-dealkylation sites (N-methyl/N-ethyl adjacent to an activating group) is 1. The molecule has 0 bridgehead atoms. The van der Waals surface area contributed by atoms with Gasteiger partial charge in [0.15, 0.2) is 30.4 Å². The lowest BCUT2D eigenvalue weighted by Gasteiger charge is -2.51. The largest absolute Gasteiger partial charge is 0.507 e. The molecule has 0 amide bonds. The average Bonchev–Trinajstić information content (AvgIpc) is 3.13. The van der Waals surface area contributed by atoms with E-state index in [4.69, 9.17) is 33.2 Å². The van der Waals surface area contributed by atoms with Crippen LogP contribution in [0.25, 0.3) is 0 Å². The van der Waals surface area contributed by atoms with Crippen LogP contribution in [-0.2, 0) is 38.0 Å². The number of aliphatic hydroxyl groups is 2. The summed E-state index contributed by atoms with van der Waals surface area (Å²) in [6.07, 6.45) is -7.25. The summed E-state index contributed by atoms with van der Waals surface area (Å²) in [5.74, 6) is -2.34. The number of nitrogens with zero attached hydrogens (tertiary/aromatic N) is 1. The van der Waals surface area contributed by atoms with E-state index in [2.05, 4.69) is 0 Å². The first-order valence-electron chi connectivity index (χ1n) is 19.1. The highest BCUT2D eigenvalue weighted by Crippen LogP contribution is 2.53. The van der Waals surface area contributed by atoms with Crippen molar-refractivity contribution in [2.24, 2.45) is 0 Å². The van der Waals surface area contributed by atoms with Crippen molar-refractivity contribution in [2.45, 2.75) is 145 Å². The number of phenols is 2. The van der Waals surface area contributed by atoms with E-state index in [-0.39, 0.29) is 70.6 Å². The van der Waals surface area contributed by atoms with E-state index in [1.54, 1.807) is 13.8 Å². The number of hydrogen-bond acceptors (Lipinski definition) is 15. The normalized spacial score (nSPS) is 39.9. The van der Waals surface area contributed by atoms with Crippen LogP contribution < -0.4 is 0 Å². The minimum atomic E-state index is -1.70. The van der Waals surface area contributed by atoms with Gasteiger partial charge in [0.25, 0.3) is 0 Å². The van der Waals surface area contributed by atoms with Gasteiger partial charge in [-0.1, -0.05) is 19.1 Å². The van der Waals surface area contributed by atoms with E-state index in [0.717, 1.165) is 0 Å². The molecule has 15 nitrogen and oxygen atoms in total. The highest BCUT2D eigenvalue weighted by Gasteiger charge is 2.53. The van der Waals surface area contributed by atoms with Gasteiger partial charge >= 0.3 is 0 Å². The number of aromatic hydroxyl groups is 2. The number of Topliss-reactive ketones (excluding diaryl/α,β-unsaturated/α-hetero) is 1. The topological polar surface area (TPSA) is 200 Å². The Hall–Kier alpha value is -3.35. The lowest BCUT2D eigenvalue weighted by molar-refractivity contribution is -0.371. The molecule has 2 aromatic carbocycles. The van der Waals surface area contributed by atoms with E-state index in [1.165, 1.54) is 24.3 Å². The number of hydrogen-bond donors (Lipinski definition) is 4. The Balaban J connectivity index is 1.03. The molecule has 2 aromatic rings. The number of ether oxygens (including phenoxy) is 7. The molecule has 14 atom stereocenters. The van der Waals surface area contributed by atoms with Crippen molar-refractivity contribution in [3.63, 3.8) is 0 Å². The summed E-state index contributed by atoms with van der Waals surface area (Å²) in [7, 11) is 3.82. The summed E-state index contributed by atoms with van der Waals surface area (Å²) in [4.78, 5) is 41.8. The molecule has 298 valence electrons. The summed E-state index contributed by atoms with van der Waals surface area (Å²) in [6.45, 7) is 7.16. The monoisotopic (exact) mass is 767 g/mol. The third kappa shape index (κ3) is 6.42. The van der Waals surface area contributed by atoms with Gasteiger partial charge in [0.2, 0.25) is 5.78 Å². The standard InChI is InChI=1S/C40H49NO14/c1-7-40(48)15-27(31-21(38(40)47)11-20-32(35(31)46)34(45)30-19(33(20)44)9-8-10-23(30)42)53-28-12-22(41(5)6)36(17(3)49-28)54-29-14-25-37(18(4)50-29)55-39-26(52-25)13-24(43)16(2)51-39/h8-11,16-18,22,25-29,36-39,42,46-48H,7,12-15H2,1-6H3/t16-,17-,18-,22+,25+,26+,27-,28+,29+,36-,37+,38-,39-,40-/m1/s1. The number of fused-ring (bicyclic) bond motifs is 5. The quantitative estimate of drug-likeness (QED) is 0.285. The number of benzene rings is 2. The van der Waals surface area contributed by atoms with Crippen molar-refractivity contribution in [1.82, 2.24) is 4.90 Å². The van der Waals surface area contributed by atoms with Gasteiger partial charge < -0.3 is 58.5 Å². The smallest absolute Gasteiger partial charge is 0.201 e. The van der Waals surface area contributed by atoms with Crippen LogP contribution in [0.2, 0.25) is 0 Å². The molecule has 4 heterocycles. The molecule has 0 saturated carbocycles. The van der Waals surface area contributed by atoms with Gasteiger partial charge in [-0.3, -0.25) is 14.4 Å². The molecule has 6 aliphatic rings. The molecular weight excluding hydrogens is 718 g/mol.